The summed E-state index contributed by atoms with van der Waals surface area (Å²) in [6.45, 7) is 0. The highest BCUT2D eigenvalue weighted by Crippen LogP contribution is 2.41. The van der Waals surface area contributed by atoms with Crippen LogP contribution in [0.15, 0.2) is 146 Å². The molecule has 3 heterocycles. The second-order valence-electron chi connectivity index (χ2n) is 8.58. The first-order chi connectivity index (χ1) is 18.4. The van der Waals surface area contributed by atoms with E-state index in [9.17, 15) is 0 Å². The number of pyridine rings is 3. The molecule has 0 radical (unpaired) electrons. The van der Waals surface area contributed by atoms with Gasteiger partial charge in [-0.2, -0.15) is 0 Å². The van der Waals surface area contributed by atoms with Gasteiger partial charge in [0.25, 0.3) is 0 Å². The van der Waals surface area contributed by atoms with Gasteiger partial charge in [0.05, 0.1) is 22.8 Å². The van der Waals surface area contributed by atoms with Gasteiger partial charge < -0.3 is 0 Å². The van der Waals surface area contributed by atoms with Crippen molar-refractivity contribution in [2.45, 2.75) is 0 Å². The zero-order chi connectivity index (χ0) is 24.9. The zero-order valence-corrected chi connectivity index (χ0v) is 20.1. The van der Waals surface area contributed by atoms with Gasteiger partial charge in [0.1, 0.15) is 5.82 Å². The van der Waals surface area contributed by atoms with Crippen molar-refractivity contribution in [2.75, 3.05) is 4.90 Å². The summed E-state index contributed by atoms with van der Waals surface area (Å²) >= 11 is 0. The topological polar surface area (TPSA) is 41.9 Å². The molecule has 0 spiro atoms. The summed E-state index contributed by atoms with van der Waals surface area (Å²) in [5.74, 6) is 0.810. The first-order valence-corrected chi connectivity index (χ1v) is 12.2. The molecule has 6 rings (SSSR count). The third kappa shape index (κ3) is 4.73. The highest BCUT2D eigenvalue weighted by molar-refractivity contribution is 5.88. The third-order valence-electron chi connectivity index (χ3n) is 6.19. The average Bonchev–Trinajstić information content (AvgIpc) is 2.99. The predicted octanol–water partition coefficient (Wildman–Crippen LogP) is 8.34. The summed E-state index contributed by atoms with van der Waals surface area (Å²) in [6.07, 6.45) is 3.62. The van der Waals surface area contributed by atoms with Crippen molar-refractivity contribution in [3.8, 4) is 33.8 Å². The Morgan fingerprint density at radius 1 is 0.459 bits per heavy atom. The molecule has 0 aliphatic carbocycles. The lowest BCUT2D eigenvalue weighted by Gasteiger charge is -2.27. The first-order valence-electron chi connectivity index (χ1n) is 12.2. The zero-order valence-electron chi connectivity index (χ0n) is 20.1. The second kappa shape index (κ2) is 10.3. The Labute approximate surface area is 216 Å². The van der Waals surface area contributed by atoms with Crippen LogP contribution >= 0.6 is 0 Å². The molecule has 37 heavy (non-hydrogen) atoms. The van der Waals surface area contributed by atoms with E-state index >= 15 is 0 Å². The van der Waals surface area contributed by atoms with E-state index in [-0.39, 0.29) is 0 Å². The molecule has 6 aromatic rings. The Bertz CT molecular complexity index is 1530. The van der Waals surface area contributed by atoms with E-state index in [4.69, 9.17) is 4.98 Å². The van der Waals surface area contributed by atoms with Crippen LogP contribution in [0.2, 0.25) is 0 Å². The van der Waals surface area contributed by atoms with Crippen molar-refractivity contribution in [2.24, 2.45) is 0 Å². The maximum Gasteiger partial charge on any atom is 0.138 e. The van der Waals surface area contributed by atoms with E-state index in [0.717, 1.165) is 51.0 Å². The summed E-state index contributed by atoms with van der Waals surface area (Å²) < 4.78 is 0. The highest BCUT2D eigenvalue weighted by Gasteiger charge is 2.19. The Balaban J connectivity index is 1.56. The molecule has 0 unspecified atom stereocenters. The molecule has 4 heteroatoms. The normalized spacial score (nSPS) is 10.7. The molecule has 0 saturated heterocycles. The fraction of sp³-hybridized carbons (Fsp3) is 0. The average molecular weight is 477 g/mol. The van der Waals surface area contributed by atoms with Crippen molar-refractivity contribution in [1.29, 1.82) is 0 Å². The van der Waals surface area contributed by atoms with Gasteiger partial charge in [-0.15, -0.1) is 0 Å². The van der Waals surface area contributed by atoms with Gasteiger partial charge in [-0.25, -0.2) is 4.98 Å². The molecular formula is C33H24N4. The number of rotatable bonds is 6. The van der Waals surface area contributed by atoms with Gasteiger partial charge >= 0.3 is 0 Å². The molecule has 0 amide bonds. The fourth-order valence-corrected chi connectivity index (χ4v) is 4.47. The summed E-state index contributed by atoms with van der Waals surface area (Å²) in [7, 11) is 0. The molecule has 0 bridgehead atoms. The maximum atomic E-state index is 5.08. The lowest BCUT2D eigenvalue weighted by atomic mass is 10.0. The molecule has 0 N–H and O–H groups in total. The number of para-hydroxylation sites is 1. The summed E-state index contributed by atoms with van der Waals surface area (Å²) in [6, 6.07) is 45.3. The Morgan fingerprint density at radius 2 is 1.11 bits per heavy atom. The summed E-state index contributed by atoms with van der Waals surface area (Å²) in [5.41, 5.74) is 7.93. The van der Waals surface area contributed by atoms with Crippen LogP contribution in [0.1, 0.15) is 0 Å². The third-order valence-corrected chi connectivity index (χ3v) is 6.19. The molecular weight excluding hydrogens is 452 g/mol. The number of nitrogens with zero attached hydrogens (tertiary/aromatic N) is 4. The molecule has 3 aromatic heterocycles. The highest BCUT2D eigenvalue weighted by atomic mass is 15.2. The van der Waals surface area contributed by atoms with Crippen LogP contribution in [0.4, 0.5) is 17.2 Å². The van der Waals surface area contributed by atoms with Gasteiger partial charge in [-0.05, 0) is 60.2 Å². The van der Waals surface area contributed by atoms with Crippen molar-refractivity contribution >= 4 is 17.2 Å². The summed E-state index contributed by atoms with van der Waals surface area (Å²) in [5, 5.41) is 0. The molecule has 0 aliphatic rings. The monoisotopic (exact) mass is 476 g/mol. The van der Waals surface area contributed by atoms with E-state index in [1.165, 1.54) is 0 Å². The van der Waals surface area contributed by atoms with E-state index in [1.807, 2.05) is 66.9 Å². The number of hydrogen-bond donors (Lipinski definition) is 0. The van der Waals surface area contributed by atoms with E-state index in [2.05, 4.69) is 87.7 Å². The molecule has 0 atom stereocenters. The van der Waals surface area contributed by atoms with Gasteiger partial charge in [0, 0.05) is 29.2 Å². The van der Waals surface area contributed by atoms with E-state index < -0.39 is 0 Å². The maximum absolute atomic E-state index is 5.08. The largest absolute Gasteiger partial charge is 0.294 e. The number of hydrogen-bond acceptors (Lipinski definition) is 4. The van der Waals surface area contributed by atoms with Crippen LogP contribution in [-0.2, 0) is 0 Å². The minimum atomic E-state index is 0.810. The van der Waals surface area contributed by atoms with Gasteiger partial charge in [-0.3, -0.25) is 14.9 Å². The van der Waals surface area contributed by atoms with Crippen molar-refractivity contribution in [3.05, 3.63) is 146 Å². The minimum Gasteiger partial charge on any atom is -0.294 e. The van der Waals surface area contributed by atoms with Crippen LogP contribution < -0.4 is 4.90 Å². The lowest BCUT2D eigenvalue weighted by molar-refractivity contribution is 1.17. The molecule has 176 valence electrons. The number of benzene rings is 3. The number of anilines is 3. The second-order valence-corrected chi connectivity index (χ2v) is 8.58. The summed E-state index contributed by atoms with van der Waals surface area (Å²) in [4.78, 5) is 16.4. The van der Waals surface area contributed by atoms with Crippen LogP contribution in [0.3, 0.4) is 0 Å². The Kier molecular flexibility index (Phi) is 6.21. The van der Waals surface area contributed by atoms with Gasteiger partial charge in [0.15, 0.2) is 0 Å². The smallest absolute Gasteiger partial charge is 0.138 e. The standard InChI is InChI=1S/C33H24N4/c1-2-12-25(13-3-1)28-16-4-5-20-32(28)37(27-15-10-14-26(24-27)29-17-6-8-22-34-29)33-21-11-19-31(36-33)30-18-7-9-23-35-30/h1-24H. The molecule has 0 fully saturated rings. The molecule has 0 aliphatic heterocycles. The van der Waals surface area contributed by atoms with Crippen LogP contribution in [0.25, 0.3) is 33.8 Å². The molecule has 0 saturated carbocycles. The minimum absolute atomic E-state index is 0.810. The molecule has 3 aromatic carbocycles. The Morgan fingerprint density at radius 3 is 1.89 bits per heavy atom. The quantitative estimate of drug-likeness (QED) is 0.242. The van der Waals surface area contributed by atoms with E-state index in [0.29, 0.717) is 0 Å². The van der Waals surface area contributed by atoms with Crippen LogP contribution in [0.5, 0.6) is 0 Å². The fourth-order valence-electron chi connectivity index (χ4n) is 4.47. The Hall–Kier alpha value is -5.09. The van der Waals surface area contributed by atoms with Crippen LogP contribution in [0, 0.1) is 0 Å². The lowest BCUT2D eigenvalue weighted by Crippen LogP contribution is -2.13. The van der Waals surface area contributed by atoms with Crippen molar-refractivity contribution in [3.63, 3.8) is 0 Å². The van der Waals surface area contributed by atoms with Crippen molar-refractivity contribution < 1.29 is 0 Å². The van der Waals surface area contributed by atoms with Gasteiger partial charge in [0.2, 0.25) is 0 Å². The number of aromatic nitrogens is 3. The van der Waals surface area contributed by atoms with Crippen LogP contribution in [-0.4, -0.2) is 15.0 Å². The van der Waals surface area contributed by atoms with Crippen molar-refractivity contribution in [1.82, 2.24) is 15.0 Å². The first kappa shape index (κ1) is 22.4. The SMILES string of the molecule is c1ccc(-c2ccccc2N(c2cccc(-c3ccccn3)c2)c2cccc(-c3ccccn3)n2)cc1. The van der Waals surface area contributed by atoms with Gasteiger partial charge in [-0.1, -0.05) is 78.9 Å². The predicted molar refractivity (Wildman–Crippen MR) is 151 cm³/mol. The molecule has 4 nitrogen and oxygen atoms in total. The van der Waals surface area contributed by atoms with E-state index in [1.54, 1.807) is 6.20 Å².